The molecule has 3 amide bonds. The third-order valence-electron chi connectivity index (χ3n) is 5.82. The van der Waals surface area contributed by atoms with Gasteiger partial charge in [0.15, 0.2) is 0 Å². The number of amides is 3. The molecule has 0 radical (unpaired) electrons. The third-order valence-corrected chi connectivity index (χ3v) is 6.17. The summed E-state index contributed by atoms with van der Waals surface area (Å²) >= 11 is 6.26. The van der Waals surface area contributed by atoms with E-state index in [0.717, 1.165) is 30.8 Å². The predicted octanol–water partition coefficient (Wildman–Crippen LogP) is 2.18. The Balaban J connectivity index is 1.74. The molecule has 0 N–H and O–H groups in total. The largest absolute Gasteiger partial charge is 0.333 e. The normalized spacial score (nSPS) is 23.0. The molecule has 4 rings (SSSR count). The zero-order valence-electron chi connectivity index (χ0n) is 16.6. The Morgan fingerprint density at radius 1 is 1.17 bits per heavy atom. The van der Waals surface area contributed by atoms with Gasteiger partial charge < -0.3 is 0 Å². The Kier molecular flexibility index (Phi) is 5.40. The molecule has 1 atom stereocenters. The van der Waals surface area contributed by atoms with Gasteiger partial charge in [0.05, 0.1) is 5.02 Å². The van der Waals surface area contributed by atoms with Crippen molar-refractivity contribution in [1.29, 1.82) is 0 Å². The molecule has 29 heavy (non-hydrogen) atoms. The van der Waals surface area contributed by atoms with E-state index in [1.54, 1.807) is 23.8 Å². The van der Waals surface area contributed by atoms with Gasteiger partial charge in [-0.2, -0.15) is 0 Å². The van der Waals surface area contributed by atoms with Crippen molar-refractivity contribution in [3.05, 3.63) is 34.6 Å². The van der Waals surface area contributed by atoms with Gasteiger partial charge in [0.2, 0.25) is 0 Å². The van der Waals surface area contributed by atoms with Crippen LogP contribution in [-0.2, 0) is 11.3 Å². The maximum Gasteiger partial charge on any atom is 0.333 e. The summed E-state index contributed by atoms with van der Waals surface area (Å²) in [5, 5.41) is 0.303. The average Bonchev–Trinajstić information content (AvgIpc) is 3.06. The van der Waals surface area contributed by atoms with Crippen LogP contribution in [0.15, 0.2) is 23.2 Å². The number of benzene rings is 1. The lowest BCUT2D eigenvalue weighted by atomic mass is 10.1. The maximum absolute atomic E-state index is 14.5. The highest BCUT2D eigenvalue weighted by molar-refractivity contribution is 6.31. The van der Waals surface area contributed by atoms with E-state index in [4.69, 9.17) is 11.6 Å². The van der Waals surface area contributed by atoms with Crippen molar-refractivity contribution >= 4 is 35.2 Å². The molecule has 1 aromatic rings. The van der Waals surface area contributed by atoms with Crippen molar-refractivity contribution in [2.24, 2.45) is 4.99 Å². The van der Waals surface area contributed by atoms with E-state index in [2.05, 4.69) is 9.89 Å². The van der Waals surface area contributed by atoms with Crippen LogP contribution in [0.3, 0.4) is 0 Å². The minimum Gasteiger partial charge on any atom is -0.292 e. The van der Waals surface area contributed by atoms with Crippen LogP contribution >= 0.6 is 11.6 Å². The van der Waals surface area contributed by atoms with Gasteiger partial charge in [-0.25, -0.2) is 13.8 Å². The smallest absolute Gasteiger partial charge is 0.292 e. The zero-order chi connectivity index (χ0) is 20.7. The average molecular weight is 421 g/mol. The number of carbonyl (C=O) groups is 2. The summed E-state index contributed by atoms with van der Waals surface area (Å²) in [6.45, 7) is 2.56. The van der Waals surface area contributed by atoms with Crippen LogP contribution in [0.5, 0.6) is 0 Å². The van der Waals surface area contributed by atoms with Gasteiger partial charge in [-0.05, 0) is 43.1 Å². The summed E-state index contributed by atoms with van der Waals surface area (Å²) in [6, 6.07) is 3.35. The standard InChI is InChI=1S/C20H24ClFN5O2/c1-24-18-17(19(28)25(2)20(24)29)27(11-13-14(21)7-6-8-15(13)22)16(23-18)12-26-9-4-3-5-10-26/h6-8,17H,3-5,9-12H2,1-2H3/q+1. The molecule has 0 bridgehead atoms. The van der Waals surface area contributed by atoms with Crippen LogP contribution in [0.1, 0.15) is 24.8 Å². The highest BCUT2D eigenvalue weighted by atomic mass is 35.5. The van der Waals surface area contributed by atoms with Crippen LogP contribution in [0, 0.1) is 5.82 Å². The Bertz CT molecular complexity index is 905. The Morgan fingerprint density at radius 2 is 1.90 bits per heavy atom. The first kappa shape index (κ1) is 20.0. The highest BCUT2D eigenvalue weighted by Gasteiger charge is 2.53. The Hall–Kier alpha value is -2.32. The minimum absolute atomic E-state index is 0.105. The number of likely N-dealkylation sites (N-methyl/N-ethyl adjacent to an activating group) is 2. The van der Waals surface area contributed by atoms with E-state index < -0.39 is 17.9 Å². The molecule has 0 saturated carbocycles. The summed E-state index contributed by atoms with van der Waals surface area (Å²) < 4.78 is 16.3. The van der Waals surface area contributed by atoms with E-state index in [-0.39, 0.29) is 12.5 Å². The monoisotopic (exact) mass is 420 g/mol. The van der Waals surface area contributed by atoms with Gasteiger partial charge in [0.25, 0.3) is 17.8 Å². The number of hydrogen-bond acceptors (Lipinski definition) is 4. The van der Waals surface area contributed by atoms with Gasteiger partial charge in [0.1, 0.15) is 18.9 Å². The lowest BCUT2D eigenvalue weighted by Crippen LogP contribution is -2.61. The van der Waals surface area contributed by atoms with Crippen molar-refractivity contribution in [1.82, 2.24) is 14.7 Å². The van der Waals surface area contributed by atoms with Crippen molar-refractivity contribution in [2.45, 2.75) is 31.8 Å². The second-order valence-electron chi connectivity index (χ2n) is 7.69. The van der Waals surface area contributed by atoms with Gasteiger partial charge in [0, 0.05) is 19.7 Å². The molecule has 1 unspecified atom stereocenters. The highest BCUT2D eigenvalue weighted by Crippen LogP contribution is 2.25. The molecule has 1 aromatic carbocycles. The fourth-order valence-electron chi connectivity index (χ4n) is 4.13. The lowest BCUT2D eigenvalue weighted by Gasteiger charge is -2.31. The minimum atomic E-state index is -0.766. The first-order valence-corrected chi connectivity index (χ1v) is 10.2. The van der Waals surface area contributed by atoms with Gasteiger partial charge >= 0.3 is 11.9 Å². The number of carbonyl (C=O) groups excluding carboxylic acids is 2. The van der Waals surface area contributed by atoms with E-state index in [0.29, 0.717) is 28.8 Å². The van der Waals surface area contributed by atoms with E-state index in [1.807, 2.05) is 0 Å². The Morgan fingerprint density at radius 3 is 2.59 bits per heavy atom. The van der Waals surface area contributed by atoms with Crippen molar-refractivity contribution < 1.29 is 18.6 Å². The van der Waals surface area contributed by atoms with Crippen LogP contribution in [0.2, 0.25) is 5.02 Å². The van der Waals surface area contributed by atoms with E-state index in [1.165, 1.54) is 24.4 Å². The summed E-state index contributed by atoms with van der Waals surface area (Å²) in [5.74, 6) is 0.254. The van der Waals surface area contributed by atoms with Gasteiger partial charge in [-0.3, -0.25) is 19.5 Å². The number of nitrogens with zero attached hydrogens (tertiary/aromatic N) is 5. The first-order chi connectivity index (χ1) is 13.9. The van der Waals surface area contributed by atoms with Gasteiger partial charge in [-0.15, -0.1) is 0 Å². The molecule has 154 valence electrons. The predicted molar refractivity (Wildman–Crippen MR) is 108 cm³/mol. The number of urea groups is 1. The number of piperidine rings is 1. The number of likely N-dealkylation sites (tertiary alicyclic amines) is 1. The molecule has 3 aliphatic rings. The first-order valence-electron chi connectivity index (χ1n) is 9.80. The Labute approximate surface area is 174 Å². The fraction of sp³-hybridized carbons (Fsp3) is 0.500. The number of halogens is 2. The molecule has 2 saturated heterocycles. The SMILES string of the molecule is CN1C(=O)C2C(=NC(CN3CCCCC3)=[N+]2Cc2c(F)cccc2Cl)N(C)C1=O. The molecule has 2 fully saturated rings. The molecule has 0 aliphatic carbocycles. The number of hydrogen-bond donors (Lipinski definition) is 0. The molecule has 7 nitrogen and oxygen atoms in total. The quantitative estimate of drug-likeness (QED) is 0.701. The van der Waals surface area contributed by atoms with Gasteiger partial charge in [-0.1, -0.05) is 24.1 Å². The molecule has 0 aromatic heterocycles. The fourth-order valence-corrected chi connectivity index (χ4v) is 4.35. The summed E-state index contributed by atoms with van der Waals surface area (Å²) in [6.07, 6.45) is 3.44. The number of rotatable bonds is 4. The summed E-state index contributed by atoms with van der Waals surface area (Å²) in [5.41, 5.74) is 0.316. The van der Waals surface area contributed by atoms with E-state index >= 15 is 0 Å². The molecular formula is C20H24ClFN5O2+. The van der Waals surface area contributed by atoms with Crippen LogP contribution in [0.25, 0.3) is 0 Å². The summed E-state index contributed by atoms with van der Waals surface area (Å²) in [7, 11) is 3.06. The zero-order valence-corrected chi connectivity index (χ0v) is 17.3. The van der Waals surface area contributed by atoms with Crippen molar-refractivity contribution in [3.8, 4) is 0 Å². The molecule has 3 heterocycles. The molecule has 3 aliphatic heterocycles. The number of imide groups is 1. The molecule has 0 spiro atoms. The van der Waals surface area contributed by atoms with Crippen molar-refractivity contribution in [2.75, 3.05) is 33.7 Å². The number of amidine groups is 2. The molecular weight excluding hydrogens is 397 g/mol. The topological polar surface area (TPSA) is 59.2 Å². The van der Waals surface area contributed by atoms with Crippen LogP contribution < -0.4 is 0 Å². The number of fused-ring (bicyclic) bond motifs is 1. The summed E-state index contributed by atoms with van der Waals surface area (Å²) in [4.78, 5) is 34.8. The molecule has 9 heteroatoms. The lowest BCUT2D eigenvalue weighted by molar-refractivity contribution is -0.552. The van der Waals surface area contributed by atoms with Crippen LogP contribution in [-0.4, -0.2) is 82.7 Å². The van der Waals surface area contributed by atoms with E-state index in [9.17, 15) is 14.0 Å². The van der Waals surface area contributed by atoms with Crippen molar-refractivity contribution in [3.63, 3.8) is 0 Å². The second kappa shape index (κ2) is 7.84. The number of aliphatic imine (C=N–C) groups is 1. The maximum atomic E-state index is 14.5. The van der Waals surface area contributed by atoms with Crippen LogP contribution in [0.4, 0.5) is 9.18 Å². The third kappa shape index (κ3) is 3.55. The second-order valence-corrected chi connectivity index (χ2v) is 8.10.